The van der Waals surface area contributed by atoms with Crippen molar-refractivity contribution >= 4 is 28.1 Å². The summed E-state index contributed by atoms with van der Waals surface area (Å²) in [6.07, 6.45) is 8.25. The van der Waals surface area contributed by atoms with Crippen molar-refractivity contribution in [3.8, 4) is 11.1 Å². The van der Waals surface area contributed by atoms with Crippen LogP contribution in [0.5, 0.6) is 0 Å². The first kappa shape index (κ1) is 25.0. The molecule has 2 unspecified atom stereocenters. The van der Waals surface area contributed by atoms with Crippen LogP contribution in [0.1, 0.15) is 37.9 Å². The molecule has 7 nitrogen and oxygen atoms in total. The van der Waals surface area contributed by atoms with Crippen molar-refractivity contribution in [2.24, 2.45) is 11.8 Å². The number of H-pyrrole nitrogens is 1. The van der Waals surface area contributed by atoms with Gasteiger partial charge in [0.1, 0.15) is 11.5 Å². The Hall–Kier alpha value is -3.71. The van der Waals surface area contributed by atoms with E-state index in [0.29, 0.717) is 5.92 Å². The summed E-state index contributed by atoms with van der Waals surface area (Å²) in [4.78, 5) is 13.8. The number of aromatic nitrogens is 4. The van der Waals surface area contributed by atoms with E-state index in [9.17, 15) is 0 Å². The predicted octanol–water partition coefficient (Wildman–Crippen LogP) is 6.04. The molecule has 7 heteroatoms. The summed E-state index contributed by atoms with van der Waals surface area (Å²) in [7, 11) is 4.13. The fourth-order valence-electron chi connectivity index (χ4n) is 5.36. The number of piperidine rings is 1. The number of nitrogens with zero attached hydrogens (tertiary/aromatic N) is 5. The Bertz CT molecular complexity index is 1370. The van der Waals surface area contributed by atoms with Gasteiger partial charge in [0, 0.05) is 43.0 Å². The molecule has 2 N–H and O–H groups in total. The number of benzene rings is 1. The molecular weight excluding hydrogens is 458 g/mol. The first-order valence-corrected chi connectivity index (χ1v) is 13.1. The number of fused-ring (bicyclic) bond motifs is 1. The maximum absolute atomic E-state index is 4.77. The molecule has 4 heterocycles. The van der Waals surface area contributed by atoms with Crippen molar-refractivity contribution in [3.05, 3.63) is 72.8 Å². The summed E-state index contributed by atoms with van der Waals surface area (Å²) in [6.45, 7) is 11.9. The van der Waals surface area contributed by atoms with Crippen LogP contribution in [0.3, 0.4) is 0 Å². The lowest BCUT2D eigenvalue weighted by molar-refractivity contribution is 0.327. The lowest BCUT2D eigenvalue weighted by Gasteiger charge is -2.37. The highest BCUT2D eigenvalue weighted by Crippen LogP contribution is 2.30. The Morgan fingerprint density at radius 1 is 1.11 bits per heavy atom. The fraction of sp³-hybridized carbons (Fsp3) is 0.367. The van der Waals surface area contributed by atoms with E-state index in [-0.39, 0.29) is 0 Å². The second-order valence-electron chi connectivity index (χ2n) is 10.7. The molecule has 1 saturated heterocycles. The van der Waals surface area contributed by atoms with Crippen molar-refractivity contribution in [1.29, 1.82) is 0 Å². The van der Waals surface area contributed by atoms with Gasteiger partial charge in [0.15, 0.2) is 0 Å². The Kier molecular flexibility index (Phi) is 7.24. The molecule has 0 spiro atoms. The summed E-state index contributed by atoms with van der Waals surface area (Å²) in [5.74, 6) is 2.48. The lowest BCUT2D eigenvalue weighted by Crippen LogP contribution is -2.39. The van der Waals surface area contributed by atoms with E-state index in [0.717, 1.165) is 70.5 Å². The smallest absolute Gasteiger partial charge is 0.128 e. The van der Waals surface area contributed by atoms with Gasteiger partial charge in [-0.1, -0.05) is 32.9 Å². The van der Waals surface area contributed by atoms with Gasteiger partial charge >= 0.3 is 0 Å². The molecule has 37 heavy (non-hydrogen) atoms. The van der Waals surface area contributed by atoms with Crippen LogP contribution < -0.4 is 10.2 Å². The molecule has 0 aliphatic carbocycles. The quantitative estimate of drug-likeness (QED) is 0.311. The first-order valence-electron chi connectivity index (χ1n) is 13.1. The van der Waals surface area contributed by atoms with Crippen LogP contribution in [0.2, 0.25) is 0 Å². The second kappa shape index (κ2) is 10.7. The number of hydrogen-bond acceptors (Lipinski definition) is 6. The Labute approximate surface area is 219 Å². The van der Waals surface area contributed by atoms with Gasteiger partial charge in [0.05, 0.1) is 23.1 Å². The van der Waals surface area contributed by atoms with Crippen molar-refractivity contribution in [3.63, 3.8) is 0 Å². The zero-order chi connectivity index (χ0) is 25.9. The molecule has 4 aromatic rings. The van der Waals surface area contributed by atoms with Crippen molar-refractivity contribution in [2.45, 2.75) is 33.2 Å². The molecule has 1 aliphatic rings. The fourth-order valence-corrected chi connectivity index (χ4v) is 5.36. The molecule has 3 aromatic heterocycles. The summed E-state index contributed by atoms with van der Waals surface area (Å²) < 4.78 is 0. The van der Waals surface area contributed by atoms with Gasteiger partial charge in [0.2, 0.25) is 0 Å². The lowest BCUT2D eigenvalue weighted by atomic mass is 9.89. The first-order chi connectivity index (χ1) is 17.9. The molecule has 0 bridgehead atoms. The van der Waals surface area contributed by atoms with Crippen molar-refractivity contribution < 1.29 is 0 Å². The average Bonchev–Trinajstić information content (AvgIpc) is 3.32. The van der Waals surface area contributed by atoms with Crippen molar-refractivity contribution in [1.82, 2.24) is 25.1 Å². The van der Waals surface area contributed by atoms with Gasteiger partial charge in [-0.3, -0.25) is 10.1 Å². The predicted molar refractivity (Wildman–Crippen MR) is 153 cm³/mol. The standard InChI is InChI=1S/C30H37N7/c1-6-22-11-20(2)17-37(19-22)29-10-8-26(16-32-29)33-21(3)30-27-13-24(7-9-28(27)34-35-30)25-12-23(14-31-15-25)18-36(4)5/h7-10,12-16,20,22,33H,3,6,11,17-19H2,1-2,4-5H3,(H,34,35). The summed E-state index contributed by atoms with van der Waals surface area (Å²) in [6, 6.07) is 12.7. The van der Waals surface area contributed by atoms with Crippen LogP contribution in [0, 0.1) is 11.8 Å². The average molecular weight is 496 g/mol. The molecule has 5 rings (SSSR count). The van der Waals surface area contributed by atoms with Gasteiger partial charge in [-0.2, -0.15) is 5.10 Å². The van der Waals surface area contributed by atoms with E-state index in [1.165, 1.54) is 18.4 Å². The van der Waals surface area contributed by atoms with Gasteiger partial charge in [-0.15, -0.1) is 0 Å². The molecule has 2 atom stereocenters. The highest BCUT2D eigenvalue weighted by atomic mass is 15.2. The van der Waals surface area contributed by atoms with E-state index in [2.05, 4.69) is 101 Å². The summed E-state index contributed by atoms with van der Waals surface area (Å²) >= 11 is 0. The zero-order valence-corrected chi connectivity index (χ0v) is 22.3. The summed E-state index contributed by atoms with van der Waals surface area (Å²) in [5, 5.41) is 12.1. The van der Waals surface area contributed by atoms with Crippen LogP contribution in [-0.4, -0.2) is 52.3 Å². The molecule has 0 amide bonds. The number of nitrogens with one attached hydrogen (secondary N) is 2. The molecular formula is C30H37N7. The maximum atomic E-state index is 4.77. The molecule has 0 radical (unpaired) electrons. The van der Waals surface area contributed by atoms with Crippen LogP contribution in [0.25, 0.3) is 27.7 Å². The maximum Gasteiger partial charge on any atom is 0.128 e. The third kappa shape index (κ3) is 5.67. The van der Waals surface area contributed by atoms with E-state index >= 15 is 0 Å². The van der Waals surface area contributed by atoms with Crippen LogP contribution in [0.15, 0.2) is 61.6 Å². The van der Waals surface area contributed by atoms with Gasteiger partial charge < -0.3 is 15.1 Å². The van der Waals surface area contributed by atoms with E-state index < -0.39 is 0 Å². The SMILES string of the molecule is C=C(Nc1ccc(N2CC(C)CC(CC)C2)nc1)c1n[nH]c2ccc(-c3cncc(CN(C)C)c3)cc12. The number of pyridine rings is 2. The van der Waals surface area contributed by atoms with Crippen LogP contribution in [-0.2, 0) is 6.54 Å². The number of aromatic amines is 1. The highest BCUT2D eigenvalue weighted by Gasteiger charge is 2.24. The van der Waals surface area contributed by atoms with Gasteiger partial charge in [0.25, 0.3) is 0 Å². The molecule has 0 saturated carbocycles. The zero-order valence-electron chi connectivity index (χ0n) is 22.3. The van der Waals surface area contributed by atoms with Crippen molar-refractivity contribution in [2.75, 3.05) is 37.4 Å². The normalized spacial score (nSPS) is 17.9. The van der Waals surface area contributed by atoms with E-state index in [1.807, 2.05) is 18.6 Å². The Morgan fingerprint density at radius 3 is 2.73 bits per heavy atom. The third-order valence-electron chi connectivity index (χ3n) is 7.17. The largest absolute Gasteiger partial charge is 0.356 e. The number of rotatable bonds is 8. The topological polar surface area (TPSA) is 73.0 Å². The number of hydrogen-bond donors (Lipinski definition) is 2. The minimum atomic E-state index is 0.696. The third-order valence-corrected chi connectivity index (χ3v) is 7.17. The second-order valence-corrected chi connectivity index (χ2v) is 10.7. The Balaban J connectivity index is 1.33. The van der Waals surface area contributed by atoms with Gasteiger partial charge in [-0.25, -0.2) is 4.98 Å². The Morgan fingerprint density at radius 2 is 1.97 bits per heavy atom. The van der Waals surface area contributed by atoms with Crippen LogP contribution >= 0.6 is 0 Å². The minimum Gasteiger partial charge on any atom is -0.356 e. The number of anilines is 2. The van der Waals surface area contributed by atoms with Gasteiger partial charge in [-0.05, 0) is 73.8 Å². The summed E-state index contributed by atoms with van der Waals surface area (Å²) in [5.41, 5.74) is 6.77. The molecule has 1 aromatic carbocycles. The van der Waals surface area contributed by atoms with E-state index in [4.69, 9.17) is 4.98 Å². The molecule has 1 fully saturated rings. The molecule has 1 aliphatic heterocycles. The molecule has 192 valence electrons. The highest BCUT2D eigenvalue weighted by molar-refractivity contribution is 5.95. The monoisotopic (exact) mass is 495 g/mol. The minimum absolute atomic E-state index is 0.696. The van der Waals surface area contributed by atoms with E-state index in [1.54, 1.807) is 0 Å². The van der Waals surface area contributed by atoms with Crippen LogP contribution in [0.4, 0.5) is 11.5 Å².